The number of para-hydroxylation sites is 2. The summed E-state index contributed by atoms with van der Waals surface area (Å²) in [7, 11) is 2.18. The summed E-state index contributed by atoms with van der Waals surface area (Å²) in [5.74, 6) is 1.48. The maximum absolute atomic E-state index is 13.0. The minimum absolute atomic E-state index is 0.0855. The lowest BCUT2D eigenvalue weighted by molar-refractivity contribution is -0.143. The first-order valence-corrected chi connectivity index (χ1v) is 8.63. The number of rotatable bonds is 2. The van der Waals surface area contributed by atoms with Gasteiger partial charge in [0.15, 0.2) is 11.5 Å². The molecule has 1 amide bonds. The number of benzene rings is 1. The molecule has 1 aromatic rings. The Morgan fingerprint density at radius 1 is 1.09 bits per heavy atom. The number of amides is 1. The molecule has 2 fully saturated rings. The van der Waals surface area contributed by atoms with Crippen molar-refractivity contribution in [2.24, 2.45) is 0 Å². The Hall–Kier alpha value is -1.75. The minimum Gasteiger partial charge on any atom is -0.485 e. The Kier molecular flexibility index (Phi) is 3.89. The van der Waals surface area contributed by atoms with Crippen molar-refractivity contribution in [3.8, 4) is 11.5 Å². The first-order valence-electron chi connectivity index (χ1n) is 8.63. The maximum atomic E-state index is 13.0. The van der Waals surface area contributed by atoms with Gasteiger partial charge in [0.25, 0.3) is 5.91 Å². The van der Waals surface area contributed by atoms with Crippen LogP contribution in [-0.2, 0) is 4.79 Å². The molecule has 1 aromatic carbocycles. The number of ether oxygens (including phenoxy) is 2. The molecule has 23 heavy (non-hydrogen) atoms. The molecule has 3 atom stereocenters. The van der Waals surface area contributed by atoms with Crippen molar-refractivity contribution in [2.75, 3.05) is 26.7 Å². The van der Waals surface area contributed by atoms with Crippen molar-refractivity contribution < 1.29 is 14.3 Å². The number of hydrogen-bond donors (Lipinski definition) is 0. The van der Waals surface area contributed by atoms with E-state index in [0.717, 1.165) is 31.7 Å². The van der Waals surface area contributed by atoms with Crippen LogP contribution in [0.4, 0.5) is 0 Å². The average Bonchev–Trinajstić information content (AvgIpc) is 3.22. The molecule has 3 aliphatic rings. The van der Waals surface area contributed by atoms with Gasteiger partial charge in [0.2, 0.25) is 6.10 Å². The molecule has 3 unspecified atom stereocenters. The Morgan fingerprint density at radius 2 is 1.83 bits per heavy atom. The van der Waals surface area contributed by atoms with E-state index in [2.05, 4.69) is 16.8 Å². The highest BCUT2D eigenvalue weighted by molar-refractivity contribution is 5.82. The van der Waals surface area contributed by atoms with Crippen LogP contribution < -0.4 is 9.47 Å². The van der Waals surface area contributed by atoms with Crippen LogP contribution in [0.15, 0.2) is 24.3 Å². The Bertz CT molecular complexity index is 591. The minimum atomic E-state index is -0.516. The van der Waals surface area contributed by atoms with Crippen LogP contribution in [-0.4, -0.2) is 60.6 Å². The molecule has 0 aliphatic carbocycles. The topological polar surface area (TPSA) is 42.0 Å². The third-order valence-electron chi connectivity index (χ3n) is 5.39. The highest BCUT2D eigenvalue weighted by Gasteiger charge is 2.41. The van der Waals surface area contributed by atoms with Gasteiger partial charge in [-0.05, 0) is 51.4 Å². The standard InChI is InChI=1S/C18H24N2O3/c1-19-10-4-6-13(19)14-7-5-11-20(14)18(21)17-12-22-15-8-2-3-9-16(15)23-17/h2-3,8-9,13-14,17H,4-7,10-12H2,1H3. The first kappa shape index (κ1) is 14.8. The van der Waals surface area contributed by atoms with Crippen molar-refractivity contribution in [2.45, 2.75) is 43.9 Å². The number of carbonyl (C=O) groups is 1. The van der Waals surface area contributed by atoms with E-state index in [4.69, 9.17) is 9.47 Å². The summed E-state index contributed by atoms with van der Waals surface area (Å²) in [5.41, 5.74) is 0. The van der Waals surface area contributed by atoms with Gasteiger partial charge >= 0.3 is 0 Å². The molecule has 2 saturated heterocycles. The molecule has 0 spiro atoms. The van der Waals surface area contributed by atoms with Gasteiger partial charge < -0.3 is 19.3 Å². The monoisotopic (exact) mass is 316 g/mol. The second kappa shape index (κ2) is 6.04. The molecule has 124 valence electrons. The fraction of sp³-hybridized carbons (Fsp3) is 0.611. The first-order chi connectivity index (χ1) is 11.2. The van der Waals surface area contributed by atoms with Gasteiger partial charge in [-0.25, -0.2) is 0 Å². The predicted octanol–water partition coefficient (Wildman–Crippen LogP) is 1.91. The van der Waals surface area contributed by atoms with E-state index in [1.807, 2.05) is 24.3 Å². The smallest absolute Gasteiger partial charge is 0.267 e. The largest absolute Gasteiger partial charge is 0.485 e. The molecule has 0 N–H and O–H groups in total. The second-order valence-corrected chi connectivity index (χ2v) is 6.80. The predicted molar refractivity (Wildman–Crippen MR) is 86.7 cm³/mol. The molecule has 0 aromatic heterocycles. The summed E-state index contributed by atoms with van der Waals surface area (Å²) < 4.78 is 11.6. The summed E-state index contributed by atoms with van der Waals surface area (Å²) in [4.78, 5) is 17.4. The lowest BCUT2D eigenvalue weighted by atomic mass is 10.0. The van der Waals surface area contributed by atoms with Gasteiger partial charge in [0.1, 0.15) is 6.61 Å². The highest BCUT2D eigenvalue weighted by Crippen LogP contribution is 2.33. The molecule has 0 saturated carbocycles. The van der Waals surface area contributed by atoms with Crippen LogP contribution in [0.5, 0.6) is 11.5 Å². The van der Waals surface area contributed by atoms with Gasteiger partial charge in [-0.3, -0.25) is 4.79 Å². The van der Waals surface area contributed by atoms with Crippen molar-refractivity contribution in [3.05, 3.63) is 24.3 Å². The van der Waals surface area contributed by atoms with E-state index >= 15 is 0 Å². The number of likely N-dealkylation sites (tertiary alicyclic amines) is 2. The second-order valence-electron chi connectivity index (χ2n) is 6.80. The Labute approximate surface area is 137 Å². The van der Waals surface area contributed by atoms with Crippen LogP contribution in [0.2, 0.25) is 0 Å². The van der Waals surface area contributed by atoms with E-state index in [9.17, 15) is 4.79 Å². The third kappa shape index (κ3) is 2.67. The van der Waals surface area contributed by atoms with Gasteiger partial charge in [0.05, 0.1) is 0 Å². The summed E-state index contributed by atoms with van der Waals surface area (Å²) in [5, 5.41) is 0. The fourth-order valence-electron chi connectivity index (χ4n) is 4.21. The number of nitrogens with zero attached hydrogens (tertiary/aromatic N) is 2. The van der Waals surface area contributed by atoms with Crippen molar-refractivity contribution >= 4 is 5.91 Å². The molecule has 5 heteroatoms. The molecule has 3 heterocycles. The molecular weight excluding hydrogens is 292 g/mol. The number of likely N-dealkylation sites (N-methyl/N-ethyl adjacent to an activating group) is 1. The SMILES string of the molecule is CN1CCCC1C1CCCN1C(=O)C1COc2ccccc2O1. The lowest BCUT2D eigenvalue weighted by Crippen LogP contribution is -2.53. The molecule has 5 nitrogen and oxygen atoms in total. The third-order valence-corrected chi connectivity index (χ3v) is 5.39. The van der Waals surface area contributed by atoms with E-state index in [1.54, 1.807) is 0 Å². The zero-order valence-electron chi connectivity index (χ0n) is 13.6. The van der Waals surface area contributed by atoms with E-state index in [1.165, 1.54) is 12.8 Å². The highest BCUT2D eigenvalue weighted by atomic mass is 16.6. The fourth-order valence-corrected chi connectivity index (χ4v) is 4.21. The van der Waals surface area contributed by atoms with E-state index in [-0.39, 0.29) is 5.91 Å². The van der Waals surface area contributed by atoms with Crippen LogP contribution in [0.1, 0.15) is 25.7 Å². The van der Waals surface area contributed by atoms with Gasteiger partial charge in [-0.15, -0.1) is 0 Å². The van der Waals surface area contributed by atoms with Crippen molar-refractivity contribution in [1.29, 1.82) is 0 Å². The molecule has 0 radical (unpaired) electrons. The van der Waals surface area contributed by atoms with Crippen LogP contribution in [0.3, 0.4) is 0 Å². The van der Waals surface area contributed by atoms with E-state index in [0.29, 0.717) is 24.4 Å². The summed E-state index contributed by atoms with van der Waals surface area (Å²) >= 11 is 0. The normalized spacial score (nSPS) is 30.7. The van der Waals surface area contributed by atoms with Crippen molar-refractivity contribution in [3.63, 3.8) is 0 Å². The molecule has 4 rings (SSSR count). The number of carbonyl (C=O) groups excluding carboxylic acids is 1. The van der Waals surface area contributed by atoms with E-state index < -0.39 is 6.10 Å². The average molecular weight is 316 g/mol. The summed E-state index contributed by atoms with van der Waals surface area (Å²) in [6.45, 7) is 2.29. The van der Waals surface area contributed by atoms with Gasteiger partial charge in [0, 0.05) is 18.6 Å². The summed E-state index contributed by atoms with van der Waals surface area (Å²) in [6.07, 6.45) is 4.10. The van der Waals surface area contributed by atoms with Crippen LogP contribution in [0, 0.1) is 0 Å². The Morgan fingerprint density at radius 3 is 2.61 bits per heavy atom. The Balaban J connectivity index is 1.48. The lowest BCUT2D eigenvalue weighted by Gasteiger charge is -2.36. The van der Waals surface area contributed by atoms with Gasteiger partial charge in [-0.2, -0.15) is 0 Å². The molecule has 0 bridgehead atoms. The zero-order valence-corrected chi connectivity index (χ0v) is 13.6. The van der Waals surface area contributed by atoms with Crippen LogP contribution in [0.25, 0.3) is 0 Å². The van der Waals surface area contributed by atoms with Gasteiger partial charge in [-0.1, -0.05) is 12.1 Å². The molecular formula is C18H24N2O3. The number of hydrogen-bond acceptors (Lipinski definition) is 4. The number of fused-ring (bicyclic) bond motifs is 1. The quantitative estimate of drug-likeness (QED) is 0.836. The summed E-state index contributed by atoms with van der Waals surface area (Å²) in [6, 6.07) is 8.38. The van der Waals surface area contributed by atoms with Crippen LogP contribution >= 0.6 is 0 Å². The van der Waals surface area contributed by atoms with Crippen molar-refractivity contribution in [1.82, 2.24) is 9.80 Å². The molecule has 3 aliphatic heterocycles. The zero-order chi connectivity index (χ0) is 15.8. The maximum Gasteiger partial charge on any atom is 0.267 e.